The summed E-state index contributed by atoms with van der Waals surface area (Å²) in [7, 11) is 0. The lowest BCUT2D eigenvalue weighted by Gasteiger charge is -1.86. The van der Waals surface area contributed by atoms with Crippen molar-refractivity contribution in [1.29, 1.82) is 0 Å². The molecule has 0 saturated heterocycles. The Labute approximate surface area is 60.0 Å². The molecule has 1 radical (unpaired) electrons. The van der Waals surface area contributed by atoms with Gasteiger partial charge in [0.2, 0.25) is 0 Å². The zero-order valence-electron chi connectivity index (χ0n) is 3.73. The van der Waals surface area contributed by atoms with Gasteiger partial charge in [-0.15, -0.1) is 0 Å². The van der Waals surface area contributed by atoms with Crippen molar-refractivity contribution in [3.05, 3.63) is 22.1 Å². The van der Waals surface area contributed by atoms with Crippen molar-refractivity contribution >= 4 is 27.5 Å². The van der Waals surface area contributed by atoms with E-state index in [0.717, 1.165) is 0 Å². The summed E-state index contributed by atoms with van der Waals surface area (Å²) in [5, 5.41) is 0.340. The predicted octanol–water partition coefficient (Wildman–Crippen LogP) is 1.69. The average Bonchev–Trinajstić information content (AvgIpc) is 1.77. The van der Waals surface area contributed by atoms with Crippen molar-refractivity contribution < 1.29 is 0 Å². The summed E-state index contributed by atoms with van der Waals surface area (Å²) in [6, 6.07) is 0. The average molecular weight is 192 g/mol. The zero-order chi connectivity index (χ0) is 5.98. The summed E-state index contributed by atoms with van der Waals surface area (Å²) in [5.41, 5.74) is 0. The Balaban J connectivity index is 3.13. The third-order valence-corrected chi connectivity index (χ3v) is 1.64. The fourth-order valence-electron chi connectivity index (χ4n) is 0.270. The van der Waals surface area contributed by atoms with Gasteiger partial charge in [0.05, 0.1) is 6.20 Å². The van der Waals surface area contributed by atoms with Gasteiger partial charge < -0.3 is 0 Å². The van der Waals surface area contributed by atoms with E-state index in [0.29, 0.717) is 9.76 Å². The fourth-order valence-corrected chi connectivity index (χ4v) is 0.559. The minimum absolute atomic E-state index is 0.340. The number of hydrogen-bond donors (Lipinski definition) is 0. The minimum atomic E-state index is 0.340. The van der Waals surface area contributed by atoms with Crippen molar-refractivity contribution in [3.63, 3.8) is 0 Å². The van der Waals surface area contributed by atoms with Crippen LogP contribution in [0.1, 0.15) is 0 Å². The first-order valence-corrected chi connectivity index (χ1v) is 3.02. The van der Waals surface area contributed by atoms with E-state index >= 15 is 0 Å². The first-order chi connectivity index (χ1) is 3.80. The third kappa shape index (κ3) is 1.17. The Morgan fingerprint density at radius 2 is 2.50 bits per heavy atom. The number of aromatic nitrogens is 2. The molecule has 0 aliphatic carbocycles. The first-order valence-electron chi connectivity index (χ1n) is 1.85. The maximum atomic E-state index is 5.46. The number of nitrogens with zero attached hydrogens (tertiary/aromatic N) is 2. The summed E-state index contributed by atoms with van der Waals surface area (Å²) >= 11 is 8.53. The lowest BCUT2D eigenvalue weighted by molar-refractivity contribution is 1.15. The first kappa shape index (κ1) is 5.98. The lowest BCUT2D eigenvalue weighted by atomic mass is 10.8. The minimum Gasteiger partial charge on any atom is -0.244 e. The molecule has 0 aliphatic heterocycles. The molecule has 0 amide bonds. The van der Waals surface area contributed by atoms with Gasteiger partial charge in [0.25, 0.3) is 0 Å². The van der Waals surface area contributed by atoms with Crippen LogP contribution < -0.4 is 0 Å². The molecule has 0 unspecified atom stereocenters. The normalized spacial score (nSPS) is 9.25. The number of halogens is 2. The van der Waals surface area contributed by atoms with Crippen LogP contribution in [0.4, 0.5) is 0 Å². The molecule has 41 valence electrons. The van der Waals surface area contributed by atoms with Crippen molar-refractivity contribution in [3.8, 4) is 0 Å². The Kier molecular flexibility index (Phi) is 1.81. The van der Waals surface area contributed by atoms with E-state index in [-0.39, 0.29) is 0 Å². The summed E-state index contributed by atoms with van der Waals surface area (Å²) in [4.78, 5) is 7.36. The van der Waals surface area contributed by atoms with Gasteiger partial charge in [-0.25, -0.2) is 9.97 Å². The highest BCUT2D eigenvalue weighted by Gasteiger charge is 1.93. The monoisotopic (exact) mass is 191 g/mol. The van der Waals surface area contributed by atoms with E-state index in [1.807, 2.05) is 0 Å². The maximum Gasteiger partial charge on any atom is 0.162 e. The Morgan fingerprint density at radius 3 is 2.88 bits per heavy atom. The molecule has 0 atom stereocenters. The molecule has 0 fully saturated rings. The van der Waals surface area contributed by atoms with Crippen LogP contribution in [0.2, 0.25) is 5.15 Å². The van der Waals surface area contributed by atoms with Gasteiger partial charge in [-0.2, -0.15) is 0 Å². The van der Waals surface area contributed by atoms with Crippen LogP contribution in [0.25, 0.3) is 0 Å². The van der Waals surface area contributed by atoms with Crippen molar-refractivity contribution in [2.45, 2.75) is 0 Å². The van der Waals surface area contributed by atoms with E-state index in [4.69, 9.17) is 11.6 Å². The van der Waals surface area contributed by atoms with E-state index < -0.39 is 0 Å². The molecule has 0 N–H and O–H groups in total. The molecule has 0 aliphatic rings. The molecule has 4 heteroatoms. The van der Waals surface area contributed by atoms with Gasteiger partial charge in [-0.1, -0.05) is 11.6 Å². The van der Waals surface area contributed by atoms with Gasteiger partial charge in [0.1, 0.15) is 10.8 Å². The third-order valence-electron chi connectivity index (χ3n) is 0.569. The fraction of sp³-hybridized carbons (Fsp3) is 0. The van der Waals surface area contributed by atoms with Crippen LogP contribution in [0, 0.1) is 6.20 Å². The maximum absolute atomic E-state index is 5.46. The number of rotatable bonds is 0. The molecule has 2 nitrogen and oxygen atoms in total. The van der Waals surface area contributed by atoms with Gasteiger partial charge in [-0.05, 0) is 15.9 Å². The zero-order valence-corrected chi connectivity index (χ0v) is 6.07. The van der Waals surface area contributed by atoms with Gasteiger partial charge in [0.15, 0.2) is 5.15 Å². The molecule has 0 aromatic carbocycles. The van der Waals surface area contributed by atoms with Gasteiger partial charge in [-0.3, -0.25) is 0 Å². The molecule has 1 rings (SSSR count). The second kappa shape index (κ2) is 2.42. The summed E-state index contributed by atoms with van der Waals surface area (Å²) in [6.07, 6.45) is 3.92. The standard InChI is InChI=1S/C4HBrClN2/c5-3-4(6)8-2-1-7-3/h1H. The molecule has 1 heterocycles. The van der Waals surface area contributed by atoms with Crippen LogP contribution in [0.3, 0.4) is 0 Å². The van der Waals surface area contributed by atoms with Gasteiger partial charge >= 0.3 is 0 Å². The van der Waals surface area contributed by atoms with Crippen molar-refractivity contribution in [1.82, 2.24) is 9.97 Å². The Hall–Kier alpha value is -0.150. The summed E-state index contributed by atoms with van der Waals surface area (Å²) < 4.78 is 0.554. The molecular formula is C4HBrClN2. The molecule has 0 bridgehead atoms. The molecule has 1 aromatic heterocycles. The Morgan fingerprint density at radius 1 is 1.75 bits per heavy atom. The number of hydrogen-bond acceptors (Lipinski definition) is 2. The Bertz CT molecular complexity index is 170. The highest BCUT2D eigenvalue weighted by Crippen LogP contribution is 2.13. The largest absolute Gasteiger partial charge is 0.244 e. The van der Waals surface area contributed by atoms with Gasteiger partial charge in [0, 0.05) is 0 Å². The predicted molar refractivity (Wildman–Crippen MR) is 33.6 cm³/mol. The quantitative estimate of drug-likeness (QED) is 0.625. The van der Waals surface area contributed by atoms with E-state index in [1.165, 1.54) is 6.20 Å². The van der Waals surface area contributed by atoms with Crippen molar-refractivity contribution in [2.24, 2.45) is 0 Å². The second-order valence-electron chi connectivity index (χ2n) is 1.08. The smallest absolute Gasteiger partial charge is 0.162 e. The van der Waals surface area contributed by atoms with Crippen LogP contribution in [0.15, 0.2) is 10.8 Å². The van der Waals surface area contributed by atoms with Crippen LogP contribution >= 0.6 is 27.5 Å². The molecule has 0 spiro atoms. The van der Waals surface area contributed by atoms with Crippen molar-refractivity contribution in [2.75, 3.05) is 0 Å². The lowest BCUT2D eigenvalue weighted by Crippen LogP contribution is -1.78. The molecule has 8 heavy (non-hydrogen) atoms. The second-order valence-corrected chi connectivity index (χ2v) is 2.19. The molecule has 0 saturated carbocycles. The molecule has 1 aromatic rings. The SMILES string of the molecule is Clc1n[c]cnc1Br. The van der Waals surface area contributed by atoms with Crippen LogP contribution in [-0.4, -0.2) is 9.97 Å². The topological polar surface area (TPSA) is 25.8 Å². The van der Waals surface area contributed by atoms with Crippen LogP contribution in [0.5, 0.6) is 0 Å². The molecular weight excluding hydrogens is 191 g/mol. The summed E-state index contributed by atoms with van der Waals surface area (Å²) in [6.45, 7) is 0. The summed E-state index contributed by atoms with van der Waals surface area (Å²) in [5.74, 6) is 0. The van der Waals surface area contributed by atoms with E-state index in [1.54, 1.807) is 0 Å². The highest BCUT2D eigenvalue weighted by molar-refractivity contribution is 9.10. The van der Waals surface area contributed by atoms with E-state index in [9.17, 15) is 0 Å². The van der Waals surface area contributed by atoms with Crippen LogP contribution in [-0.2, 0) is 0 Å². The van der Waals surface area contributed by atoms with E-state index in [2.05, 4.69) is 32.1 Å². The highest BCUT2D eigenvalue weighted by atomic mass is 79.9.